The minimum absolute atomic E-state index is 1.38. The Balaban J connectivity index is 0.000000352. The van der Waals surface area contributed by atoms with Gasteiger partial charge in [-0.05, 0) is 83.5 Å². The van der Waals surface area contributed by atoms with E-state index in [-0.39, 0.29) is 0 Å². The Morgan fingerprint density at radius 2 is 0.123 bits per heavy atom. The van der Waals surface area contributed by atoms with Crippen molar-refractivity contribution in [1.29, 1.82) is 0 Å². The molecule has 0 aliphatic carbocycles. The second kappa shape index (κ2) is 69.2. The first-order valence-electron chi connectivity index (χ1n) is 22.7. The lowest BCUT2D eigenvalue weighted by Crippen LogP contribution is -1.63. The van der Waals surface area contributed by atoms with Gasteiger partial charge in [-0.3, -0.25) is 0 Å². The van der Waals surface area contributed by atoms with Gasteiger partial charge in [-0.15, -0.1) is 0 Å². The van der Waals surface area contributed by atoms with Gasteiger partial charge in [0, 0.05) is 150 Å². The zero-order chi connectivity index (χ0) is 46.0. The summed E-state index contributed by atoms with van der Waals surface area (Å²) in [7, 11) is 51.8. The molecule has 13 heterocycles. The van der Waals surface area contributed by atoms with Gasteiger partial charge in [-0.1, -0.05) is 281 Å². The normalized spacial score (nSPS) is 24.0. The molecule has 13 rings (SSSR count). The molecule has 390 valence electrons. The fourth-order valence-electron chi connectivity index (χ4n) is 3.83. The first-order chi connectivity index (χ1) is 32.5. The van der Waals surface area contributed by atoms with Crippen LogP contribution in [0.3, 0.4) is 0 Å². The van der Waals surface area contributed by atoms with Gasteiger partial charge in [0.05, 0.1) is 0 Å². The van der Waals surface area contributed by atoms with Crippen LogP contribution >= 0.6 is 281 Å². The van der Waals surface area contributed by atoms with Crippen molar-refractivity contribution in [3.63, 3.8) is 0 Å². The molecule has 0 bridgehead atoms. The molecular formula is C39H78S26. The highest BCUT2D eigenvalue weighted by atomic mass is 33.1. The van der Waals surface area contributed by atoms with Crippen molar-refractivity contribution < 1.29 is 0 Å². The van der Waals surface area contributed by atoms with Crippen molar-refractivity contribution in [2.75, 3.05) is 150 Å². The van der Waals surface area contributed by atoms with E-state index in [9.17, 15) is 0 Å². The third-order valence-corrected chi connectivity index (χ3v) is 40.5. The molecule has 13 saturated heterocycles. The maximum atomic E-state index is 1.99. The summed E-state index contributed by atoms with van der Waals surface area (Å²) in [6.45, 7) is 0. The van der Waals surface area contributed by atoms with Gasteiger partial charge in [0.25, 0.3) is 0 Å². The molecule has 0 aromatic carbocycles. The summed E-state index contributed by atoms with van der Waals surface area (Å²) in [5.74, 6) is 35.9. The Labute approximate surface area is 505 Å². The maximum absolute atomic E-state index is 1.99. The van der Waals surface area contributed by atoms with E-state index in [4.69, 9.17) is 0 Å². The van der Waals surface area contributed by atoms with Crippen LogP contribution < -0.4 is 0 Å². The minimum Gasteiger partial charge on any atom is -0.0941 e. The molecule has 0 N–H and O–H groups in total. The van der Waals surface area contributed by atoms with Crippen LogP contribution in [0.2, 0.25) is 0 Å². The minimum atomic E-state index is 1.38. The molecule has 0 atom stereocenters. The topological polar surface area (TPSA) is 0 Å². The molecular weight excluding hydrogens is 1300 g/mol. The summed E-state index contributed by atoms with van der Waals surface area (Å²) < 4.78 is 0. The van der Waals surface area contributed by atoms with E-state index in [1.54, 1.807) is 0 Å². The average Bonchev–Trinajstić information content (AvgIpc) is 4.26. The highest BCUT2D eigenvalue weighted by molar-refractivity contribution is 8.80. The van der Waals surface area contributed by atoms with Crippen LogP contribution in [-0.2, 0) is 0 Å². The molecule has 65 heavy (non-hydrogen) atoms. The van der Waals surface area contributed by atoms with Gasteiger partial charge < -0.3 is 0 Å². The predicted molar refractivity (Wildman–Crippen MR) is 384 cm³/mol. The number of hydrogen-bond acceptors (Lipinski definition) is 26. The standard InChI is InChI=1S/13C3H6S2/c13*1-2-4-5-3-1/h13*1-3H2. The van der Waals surface area contributed by atoms with Crippen LogP contribution in [0.4, 0.5) is 0 Å². The predicted octanol–water partition coefficient (Wildman–Crippen LogP) is 23.0. The lowest BCUT2D eigenvalue weighted by molar-refractivity contribution is 1.15. The lowest BCUT2D eigenvalue weighted by atomic mass is 10.6. The van der Waals surface area contributed by atoms with Crippen molar-refractivity contribution in [2.45, 2.75) is 83.5 Å². The molecule has 13 aliphatic heterocycles. The van der Waals surface area contributed by atoms with Gasteiger partial charge in [0.15, 0.2) is 0 Å². The van der Waals surface area contributed by atoms with Crippen molar-refractivity contribution in [1.82, 2.24) is 0 Å². The van der Waals surface area contributed by atoms with E-state index in [1.165, 1.54) is 233 Å². The van der Waals surface area contributed by atoms with E-state index < -0.39 is 0 Å². The molecule has 26 heteroatoms. The molecule has 0 unspecified atom stereocenters. The quantitative estimate of drug-likeness (QED) is 0.211. The Morgan fingerprint density at radius 1 is 0.0769 bits per heavy atom. The van der Waals surface area contributed by atoms with E-state index in [2.05, 4.69) is 0 Å². The third-order valence-electron chi connectivity index (χ3n) is 7.00. The summed E-state index contributed by atoms with van der Waals surface area (Å²) in [6, 6.07) is 0. The summed E-state index contributed by atoms with van der Waals surface area (Å²) >= 11 is 0. The monoisotopic (exact) mass is 1380 g/mol. The summed E-state index contributed by atoms with van der Waals surface area (Å²) in [6.07, 6.45) is 18.5. The smallest absolute Gasteiger partial charge is 0.00450 e. The van der Waals surface area contributed by atoms with Crippen molar-refractivity contribution in [2.24, 2.45) is 0 Å². The summed E-state index contributed by atoms with van der Waals surface area (Å²) in [5, 5.41) is 0. The van der Waals surface area contributed by atoms with E-state index in [0.29, 0.717) is 0 Å². The van der Waals surface area contributed by atoms with E-state index >= 15 is 0 Å². The lowest BCUT2D eigenvalue weighted by Gasteiger charge is -1.69. The van der Waals surface area contributed by atoms with Gasteiger partial charge in [-0.25, -0.2) is 0 Å². The number of rotatable bonds is 0. The molecule has 0 saturated carbocycles. The van der Waals surface area contributed by atoms with Gasteiger partial charge >= 0.3 is 0 Å². The number of hydrogen-bond donors (Lipinski definition) is 0. The summed E-state index contributed by atoms with van der Waals surface area (Å²) in [5.41, 5.74) is 0. The first-order valence-corrected chi connectivity index (χ1v) is 55.0. The molecule has 0 nitrogen and oxygen atoms in total. The third kappa shape index (κ3) is 67.3. The Hall–Kier alpha value is 9.10. The Bertz CT molecular complexity index is 455. The Kier molecular flexibility index (Phi) is 76.8. The molecule has 0 spiro atoms. The van der Waals surface area contributed by atoms with E-state index in [1.807, 2.05) is 281 Å². The Morgan fingerprint density at radius 3 is 0.138 bits per heavy atom. The molecule has 0 radical (unpaired) electrons. The first kappa shape index (κ1) is 72.1. The molecule has 0 amide bonds. The zero-order valence-electron chi connectivity index (χ0n) is 38.2. The zero-order valence-corrected chi connectivity index (χ0v) is 59.4. The van der Waals surface area contributed by atoms with Gasteiger partial charge in [-0.2, -0.15) is 0 Å². The van der Waals surface area contributed by atoms with Crippen LogP contribution in [-0.4, -0.2) is 150 Å². The van der Waals surface area contributed by atoms with Crippen LogP contribution in [0.25, 0.3) is 0 Å². The SMILES string of the molecule is C1CSSC1.C1CSSC1.C1CSSC1.C1CSSC1.C1CSSC1.C1CSSC1.C1CSSC1.C1CSSC1.C1CSSC1.C1CSSC1.C1CSSC1.C1CSSC1.C1CSSC1. The maximum Gasteiger partial charge on any atom is 0.00450 e. The van der Waals surface area contributed by atoms with Crippen LogP contribution in [0.15, 0.2) is 0 Å². The second-order valence-electron chi connectivity index (χ2n) is 13.0. The van der Waals surface area contributed by atoms with Crippen molar-refractivity contribution in [3.8, 4) is 0 Å². The van der Waals surface area contributed by atoms with E-state index in [0.717, 1.165) is 0 Å². The highest BCUT2D eigenvalue weighted by Gasteiger charge is 2.02. The van der Waals surface area contributed by atoms with Crippen LogP contribution in [0.5, 0.6) is 0 Å². The van der Waals surface area contributed by atoms with Crippen LogP contribution in [0, 0.1) is 0 Å². The van der Waals surface area contributed by atoms with Gasteiger partial charge in [0.1, 0.15) is 0 Å². The second-order valence-corrected chi connectivity index (χ2v) is 48.1. The summed E-state index contributed by atoms with van der Waals surface area (Å²) in [4.78, 5) is 0. The average molecular weight is 1380 g/mol. The fraction of sp³-hybridized carbons (Fsp3) is 1.00. The molecule has 13 fully saturated rings. The highest BCUT2D eigenvalue weighted by Crippen LogP contribution is 2.35. The van der Waals surface area contributed by atoms with Crippen LogP contribution in [0.1, 0.15) is 83.5 Å². The fourth-order valence-corrected chi connectivity index (χ4v) is 34.5. The van der Waals surface area contributed by atoms with Crippen molar-refractivity contribution >= 4 is 281 Å². The molecule has 13 aliphatic rings. The van der Waals surface area contributed by atoms with Gasteiger partial charge in [0.2, 0.25) is 0 Å². The largest absolute Gasteiger partial charge is 0.0941 e. The molecule has 0 aromatic rings. The van der Waals surface area contributed by atoms with Crippen molar-refractivity contribution in [3.05, 3.63) is 0 Å². The molecule has 0 aromatic heterocycles.